The summed E-state index contributed by atoms with van der Waals surface area (Å²) in [7, 11) is 0. The summed E-state index contributed by atoms with van der Waals surface area (Å²) in [5, 5.41) is 83.5. The van der Waals surface area contributed by atoms with Crippen molar-refractivity contribution < 1.29 is 101 Å². The molecule has 4 aliphatic rings. The summed E-state index contributed by atoms with van der Waals surface area (Å²) in [4.78, 5) is 27.1. The molecule has 324 valence electrons. The summed E-state index contributed by atoms with van der Waals surface area (Å²) in [6.07, 6.45) is -16.7. The van der Waals surface area contributed by atoms with Gasteiger partial charge in [-0.25, -0.2) is 26.7 Å². The maximum absolute atomic E-state index is 14.7. The van der Waals surface area contributed by atoms with Crippen LogP contribution in [0.5, 0.6) is 23.0 Å². The van der Waals surface area contributed by atoms with E-state index in [0.29, 0.717) is 0 Å². The number of amides is 1. The summed E-state index contributed by atoms with van der Waals surface area (Å²) >= 11 is 0. The van der Waals surface area contributed by atoms with Gasteiger partial charge in [0.2, 0.25) is 18.4 Å². The number of rotatable bonds is 8. The average molecular weight is 866 g/mol. The zero-order valence-corrected chi connectivity index (χ0v) is 30.6. The van der Waals surface area contributed by atoms with Crippen LogP contribution in [0.1, 0.15) is 37.4 Å². The Balaban J connectivity index is 1.22. The largest absolute Gasteiger partial charge is 0.462 e. The number of aliphatic hydroxyl groups is 8. The van der Waals surface area contributed by atoms with E-state index in [2.05, 4.69) is 0 Å². The van der Waals surface area contributed by atoms with E-state index in [1.54, 1.807) is 0 Å². The molecule has 22 heteroatoms. The third-order valence-corrected chi connectivity index (χ3v) is 10.7. The fourth-order valence-corrected chi connectivity index (χ4v) is 7.57. The normalized spacial score (nSPS) is 28.6. The highest BCUT2D eigenvalue weighted by molar-refractivity contribution is 6.10. The molecule has 1 amide bonds. The Hall–Kier alpha value is -5.53. The standard InChI is InChI=1S/C39H32F5NO16/c40-24-23(25(41)27(43)28(44)26(24)42)35(54)45-17-3-1-2-16-22(17)36(55)61-39(16)14-6-4-12(56-37-33(52)31(50)29(48)20(10-46)59-37)8-18(14)58-19-9-13(5-7-15(19)39)57-38-34(53)32(51)30(49)21(11-47)60-38/h1-9,20-21,29-34,37-38,46-53H,10-11H2,(H,45,54)/t20-,21-,29-,30-,31+,32+,33-,34-,37-,38-/m1/s1. The molecular formula is C39H32F5NO16. The molecule has 4 aliphatic heterocycles. The molecule has 4 aromatic rings. The molecule has 10 atom stereocenters. The maximum Gasteiger partial charge on any atom is 0.342 e. The second-order valence-electron chi connectivity index (χ2n) is 14.2. The minimum atomic E-state index is -2.50. The van der Waals surface area contributed by atoms with Gasteiger partial charge in [-0.1, -0.05) is 12.1 Å². The van der Waals surface area contributed by atoms with Crippen molar-refractivity contribution in [3.8, 4) is 23.0 Å². The summed E-state index contributed by atoms with van der Waals surface area (Å²) in [5.41, 5.74) is -4.73. The molecule has 0 saturated carbocycles. The van der Waals surface area contributed by atoms with Gasteiger partial charge in [0.1, 0.15) is 77.4 Å². The van der Waals surface area contributed by atoms with E-state index in [-0.39, 0.29) is 39.7 Å². The van der Waals surface area contributed by atoms with Gasteiger partial charge in [-0.15, -0.1) is 0 Å². The first-order valence-electron chi connectivity index (χ1n) is 18.1. The molecule has 2 fully saturated rings. The summed E-state index contributed by atoms with van der Waals surface area (Å²) in [6.45, 7) is -1.53. The molecule has 17 nitrogen and oxygen atoms in total. The van der Waals surface area contributed by atoms with Crippen LogP contribution in [0.2, 0.25) is 0 Å². The lowest BCUT2D eigenvalue weighted by Gasteiger charge is -2.40. The maximum atomic E-state index is 14.7. The van der Waals surface area contributed by atoms with Gasteiger partial charge in [0.15, 0.2) is 28.9 Å². The van der Waals surface area contributed by atoms with Gasteiger partial charge in [0.25, 0.3) is 5.91 Å². The Kier molecular flexibility index (Phi) is 10.9. The molecule has 4 heterocycles. The van der Waals surface area contributed by atoms with Crippen LogP contribution in [0.25, 0.3) is 0 Å². The molecule has 0 radical (unpaired) electrons. The van der Waals surface area contributed by atoms with Gasteiger partial charge in [-0.05, 0) is 30.3 Å². The number of aliphatic hydroxyl groups excluding tert-OH is 8. The molecular weight excluding hydrogens is 833 g/mol. The highest BCUT2D eigenvalue weighted by atomic mass is 19.2. The Morgan fingerprint density at radius 3 is 1.59 bits per heavy atom. The first-order valence-corrected chi connectivity index (χ1v) is 18.1. The van der Waals surface area contributed by atoms with Crippen molar-refractivity contribution >= 4 is 17.6 Å². The Bertz CT molecular complexity index is 2300. The van der Waals surface area contributed by atoms with Crippen LogP contribution in [0.3, 0.4) is 0 Å². The lowest BCUT2D eigenvalue weighted by atomic mass is 9.77. The lowest BCUT2D eigenvalue weighted by molar-refractivity contribution is -0.277. The highest BCUT2D eigenvalue weighted by Crippen LogP contribution is 2.58. The Labute approximate surface area is 338 Å². The van der Waals surface area contributed by atoms with Gasteiger partial charge in [0.05, 0.1) is 24.5 Å². The number of fused-ring (bicyclic) bond motifs is 6. The topological polar surface area (TPSA) is 263 Å². The first-order chi connectivity index (χ1) is 29.0. The molecule has 61 heavy (non-hydrogen) atoms. The van der Waals surface area contributed by atoms with Crippen molar-refractivity contribution in [2.75, 3.05) is 18.5 Å². The lowest BCUT2D eigenvalue weighted by Crippen LogP contribution is -2.60. The SMILES string of the molecule is O=C1OC2(c3ccc(O[C@@H]4O[C@H](CO)[C@@H](O)[C@H](O)[C@H]4O)cc3Oc3cc(O[C@@H]4O[C@H](CO)[C@@H](O)[C@H](O)[C@H]4O)ccc32)c2cccc(NC(=O)c3c(F)c(F)c(F)c(F)c3F)c21. The number of esters is 1. The Morgan fingerprint density at radius 1 is 0.639 bits per heavy atom. The fraction of sp³-hybridized carbons (Fsp3) is 0.333. The number of benzene rings is 4. The van der Waals surface area contributed by atoms with Crippen molar-refractivity contribution in [1.29, 1.82) is 0 Å². The van der Waals surface area contributed by atoms with Crippen molar-refractivity contribution in [1.82, 2.24) is 0 Å². The fourth-order valence-electron chi connectivity index (χ4n) is 7.57. The number of hydrogen-bond donors (Lipinski definition) is 9. The first kappa shape index (κ1) is 42.2. The molecule has 4 aromatic carbocycles. The van der Waals surface area contributed by atoms with E-state index >= 15 is 0 Å². The molecule has 0 bridgehead atoms. The van der Waals surface area contributed by atoms with Gasteiger partial charge in [-0.3, -0.25) is 4.79 Å². The number of carbonyl (C=O) groups is 2. The summed E-state index contributed by atoms with van der Waals surface area (Å²) in [6, 6.07) is 11.5. The predicted molar refractivity (Wildman–Crippen MR) is 188 cm³/mol. The van der Waals surface area contributed by atoms with E-state index in [0.717, 1.165) is 6.07 Å². The van der Waals surface area contributed by atoms with E-state index in [1.165, 1.54) is 48.5 Å². The summed E-state index contributed by atoms with van der Waals surface area (Å²) in [5.74, 6) is -15.6. The van der Waals surface area contributed by atoms with E-state index in [4.69, 9.17) is 28.4 Å². The molecule has 2 saturated heterocycles. The number of nitrogens with one attached hydrogen (secondary N) is 1. The van der Waals surface area contributed by atoms with Crippen molar-refractivity contribution in [3.63, 3.8) is 0 Å². The zero-order valence-electron chi connectivity index (χ0n) is 30.6. The number of carbonyl (C=O) groups excluding carboxylic acids is 2. The number of ether oxygens (including phenoxy) is 6. The van der Waals surface area contributed by atoms with Gasteiger partial charge in [0, 0.05) is 28.8 Å². The van der Waals surface area contributed by atoms with Crippen molar-refractivity contribution in [2.45, 2.75) is 67.0 Å². The Morgan fingerprint density at radius 2 is 1.11 bits per heavy atom. The number of halogens is 5. The van der Waals surface area contributed by atoms with Crippen LogP contribution in [-0.2, 0) is 19.8 Å². The van der Waals surface area contributed by atoms with Crippen LogP contribution in [0.15, 0.2) is 54.6 Å². The van der Waals surface area contributed by atoms with Gasteiger partial charge in [-0.2, -0.15) is 0 Å². The minimum absolute atomic E-state index is 0.0521. The minimum Gasteiger partial charge on any atom is -0.462 e. The molecule has 9 N–H and O–H groups in total. The summed E-state index contributed by atoms with van der Waals surface area (Å²) < 4.78 is 106. The molecule has 0 aliphatic carbocycles. The average Bonchev–Trinajstić information content (AvgIpc) is 3.54. The van der Waals surface area contributed by atoms with Crippen molar-refractivity contribution in [3.05, 3.63) is 112 Å². The predicted octanol–water partition coefficient (Wildman–Crippen LogP) is 0.560. The quantitative estimate of drug-likeness (QED) is 0.0507. The molecule has 8 rings (SSSR count). The second-order valence-corrected chi connectivity index (χ2v) is 14.2. The number of hydrogen-bond acceptors (Lipinski definition) is 16. The van der Waals surface area contributed by atoms with Crippen LogP contribution in [0.4, 0.5) is 27.6 Å². The van der Waals surface area contributed by atoms with E-state index in [9.17, 15) is 72.4 Å². The van der Waals surface area contributed by atoms with Crippen LogP contribution < -0.4 is 19.5 Å². The third kappa shape index (κ3) is 6.71. The smallest absolute Gasteiger partial charge is 0.342 e. The monoisotopic (exact) mass is 865 g/mol. The van der Waals surface area contributed by atoms with Crippen LogP contribution in [-0.4, -0.2) is 127 Å². The second kappa shape index (κ2) is 15.7. The third-order valence-electron chi connectivity index (χ3n) is 10.7. The van der Waals surface area contributed by atoms with Crippen LogP contribution >= 0.6 is 0 Å². The molecule has 0 aromatic heterocycles. The van der Waals surface area contributed by atoms with Crippen molar-refractivity contribution in [2.24, 2.45) is 0 Å². The number of anilines is 1. The van der Waals surface area contributed by atoms with E-state index in [1.807, 2.05) is 5.32 Å². The molecule has 1 spiro atoms. The van der Waals surface area contributed by atoms with Gasteiger partial charge < -0.3 is 74.6 Å². The van der Waals surface area contributed by atoms with Gasteiger partial charge >= 0.3 is 5.97 Å². The van der Waals surface area contributed by atoms with E-state index < -0.39 is 138 Å². The zero-order chi connectivity index (χ0) is 43.8. The molecule has 0 unspecified atom stereocenters. The van der Waals surface area contributed by atoms with Crippen LogP contribution in [0, 0.1) is 29.1 Å². The highest BCUT2D eigenvalue weighted by Gasteiger charge is 2.55.